The van der Waals surface area contributed by atoms with Crippen LogP contribution in [0.5, 0.6) is 0 Å². The molecular formula is C14H28N2O2. The van der Waals surface area contributed by atoms with Gasteiger partial charge in [-0.2, -0.15) is 0 Å². The minimum Gasteiger partial charge on any atom is -0.353 e. The topological polar surface area (TPSA) is 33.7 Å². The van der Waals surface area contributed by atoms with Crippen molar-refractivity contribution in [2.75, 3.05) is 46.4 Å². The summed E-state index contributed by atoms with van der Waals surface area (Å²) in [6.45, 7) is 6.23. The highest BCUT2D eigenvalue weighted by Crippen LogP contribution is 2.14. The van der Waals surface area contributed by atoms with Gasteiger partial charge in [-0.05, 0) is 58.2 Å². The molecule has 2 aliphatic rings. The molecule has 0 spiro atoms. The van der Waals surface area contributed by atoms with Gasteiger partial charge in [-0.3, -0.25) is 0 Å². The van der Waals surface area contributed by atoms with Crippen LogP contribution in [0.1, 0.15) is 32.1 Å². The predicted molar refractivity (Wildman–Crippen MR) is 72.6 cm³/mol. The van der Waals surface area contributed by atoms with Crippen LogP contribution in [0.2, 0.25) is 0 Å². The Morgan fingerprint density at radius 3 is 2.94 bits per heavy atom. The lowest BCUT2D eigenvalue weighted by Gasteiger charge is -2.28. The summed E-state index contributed by atoms with van der Waals surface area (Å²) in [5, 5.41) is 3.47. The molecule has 2 unspecified atom stereocenters. The molecule has 0 saturated carbocycles. The molecule has 0 aliphatic carbocycles. The fraction of sp³-hybridized carbons (Fsp3) is 1.00. The molecule has 2 aliphatic heterocycles. The lowest BCUT2D eigenvalue weighted by Crippen LogP contribution is -2.38. The van der Waals surface area contributed by atoms with Gasteiger partial charge in [-0.1, -0.05) is 0 Å². The van der Waals surface area contributed by atoms with Crippen molar-refractivity contribution in [3.05, 3.63) is 0 Å². The largest absolute Gasteiger partial charge is 0.353 e. The molecule has 0 aromatic carbocycles. The molecule has 0 bridgehead atoms. The van der Waals surface area contributed by atoms with E-state index >= 15 is 0 Å². The summed E-state index contributed by atoms with van der Waals surface area (Å²) in [5.74, 6) is 0.815. The van der Waals surface area contributed by atoms with E-state index in [4.69, 9.17) is 9.47 Å². The van der Waals surface area contributed by atoms with Gasteiger partial charge in [0.05, 0.1) is 6.61 Å². The number of piperidine rings is 1. The lowest BCUT2D eigenvalue weighted by molar-refractivity contribution is -0.163. The minimum atomic E-state index is 0.0588. The number of likely N-dealkylation sites (N-methyl/N-ethyl adjacent to an activating group) is 1. The van der Waals surface area contributed by atoms with Crippen molar-refractivity contribution in [3.63, 3.8) is 0 Å². The van der Waals surface area contributed by atoms with Crippen LogP contribution in [0, 0.1) is 5.92 Å². The van der Waals surface area contributed by atoms with E-state index in [1.54, 1.807) is 0 Å². The number of ether oxygens (including phenoxy) is 2. The summed E-state index contributed by atoms with van der Waals surface area (Å²) in [5.41, 5.74) is 0. The van der Waals surface area contributed by atoms with E-state index in [9.17, 15) is 0 Å². The highest BCUT2D eigenvalue weighted by atomic mass is 16.7. The first-order valence-corrected chi connectivity index (χ1v) is 7.47. The van der Waals surface area contributed by atoms with Crippen molar-refractivity contribution in [2.45, 2.75) is 38.4 Å². The number of nitrogens with zero attached hydrogens (tertiary/aromatic N) is 1. The third kappa shape index (κ3) is 5.22. The first-order chi connectivity index (χ1) is 8.84. The Morgan fingerprint density at radius 2 is 2.22 bits per heavy atom. The van der Waals surface area contributed by atoms with Crippen molar-refractivity contribution in [1.29, 1.82) is 0 Å². The maximum absolute atomic E-state index is 5.76. The average molecular weight is 256 g/mol. The van der Waals surface area contributed by atoms with Crippen LogP contribution < -0.4 is 5.32 Å². The monoisotopic (exact) mass is 256 g/mol. The molecule has 0 radical (unpaired) electrons. The molecule has 1 N–H and O–H groups in total. The SMILES string of the molecule is CN(CCOC1CCCCO1)CC1CCCNC1. The minimum absolute atomic E-state index is 0.0588. The fourth-order valence-electron chi connectivity index (χ4n) is 2.79. The summed E-state index contributed by atoms with van der Waals surface area (Å²) in [7, 11) is 2.19. The molecule has 106 valence electrons. The molecule has 2 heterocycles. The quantitative estimate of drug-likeness (QED) is 0.780. The smallest absolute Gasteiger partial charge is 0.157 e. The standard InChI is InChI=1S/C14H28N2O2/c1-16(12-13-5-4-7-15-11-13)8-10-18-14-6-2-3-9-17-14/h13-15H,2-12H2,1H3. The van der Waals surface area contributed by atoms with Crippen LogP contribution in [0.3, 0.4) is 0 Å². The Balaban J connectivity index is 1.52. The van der Waals surface area contributed by atoms with Crippen molar-refractivity contribution < 1.29 is 9.47 Å². The van der Waals surface area contributed by atoms with Gasteiger partial charge in [0.15, 0.2) is 6.29 Å². The first kappa shape index (κ1) is 14.3. The molecule has 2 saturated heterocycles. The van der Waals surface area contributed by atoms with Crippen LogP contribution in [-0.2, 0) is 9.47 Å². The lowest BCUT2D eigenvalue weighted by atomic mass is 9.99. The second-order valence-corrected chi connectivity index (χ2v) is 5.64. The number of rotatable bonds is 6. The van der Waals surface area contributed by atoms with Crippen LogP contribution in [-0.4, -0.2) is 57.6 Å². The summed E-state index contributed by atoms with van der Waals surface area (Å²) < 4.78 is 11.3. The number of hydrogen-bond donors (Lipinski definition) is 1. The molecule has 2 fully saturated rings. The normalized spacial score (nSPS) is 29.7. The van der Waals surface area contributed by atoms with Gasteiger partial charge in [0.2, 0.25) is 0 Å². The maximum Gasteiger partial charge on any atom is 0.157 e. The molecule has 2 atom stereocenters. The zero-order valence-corrected chi connectivity index (χ0v) is 11.7. The van der Waals surface area contributed by atoms with E-state index in [1.807, 2.05) is 0 Å². The van der Waals surface area contributed by atoms with Gasteiger partial charge < -0.3 is 19.7 Å². The van der Waals surface area contributed by atoms with E-state index in [-0.39, 0.29) is 6.29 Å². The first-order valence-electron chi connectivity index (χ1n) is 7.47. The third-order valence-electron chi connectivity index (χ3n) is 3.88. The second kappa shape index (κ2) is 8.10. The van der Waals surface area contributed by atoms with Crippen molar-refractivity contribution in [1.82, 2.24) is 10.2 Å². The van der Waals surface area contributed by atoms with E-state index in [2.05, 4.69) is 17.3 Å². The van der Waals surface area contributed by atoms with Gasteiger partial charge >= 0.3 is 0 Å². The zero-order chi connectivity index (χ0) is 12.6. The van der Waals surface area contributed by atoms with Crippen LogP contribution in [0.4, 0.5) is 0 Å². The third-order valence-corrected chi connectivity index (χ3v) is 3.88. The van der Waals surface area contributed by atoms with E-state index < -0.39 is 0 Å². The molecule has 0 aromatic rings. The molecule has 4 heteroatoms. The van der Waals surface area contributed by atoms with Crippen LogP contribution in [0.25, 0.3) is 0 Å². The Kier molecular flexibility index (Phi) is 6.41. The zero-order valence-electron chi connectivity index (χ0n) is 11.7. The van der Waals surface area contributed by atoms with Crippen LogP contribution >= 0.6 is 0 Å². The van der Waals surface area contributed by atoms with Gasteiger partial charge in [-0.15, -0.1) is 0 Å². The maximum atomic E-state index is 5.76. The predicted octanol–water partition coefficient (Wildman–Crippen LogP) is 1.46. The van der Waals surface area contributed by atoms with Gasteiger partial charge in [0.25, 0.3) is 0 Å². The van der Waals surface area contributed by atoms with Gasteiger partial charge in [0.1, 0.15) is 0 Å². The second-order valence-electron chi connectivity index (χ2n) is 5.64. The van der Waals surface area contributed by atoms with E-state index in [0.717, 1.165) is 32.1 Å². The Hall–Kier alpha value is -0.160. The Bertz CT molecular complexity index is 214. The van der Waals surface area contributed by atoms with E-state index in [1.165, 1.54) is 45.3 Å². The molecule has 4 nitrogen and oxygen atoms in total. The summed E-state index contributed by atoms with van der Waals surface area (Å²) in [6, 6.07) is 0. The van der Waals surface area contributed by atoms with Crippen molar-refractivity contribution in [3.8, 4) is 0 Å². The van der Waals surface area contributed by atoms with E-state index in [0.29, 0.717) is 0 Å². The molecule has 0 aromatic heterocycles. The fourth-order valence-corrected chi connectivity index (χ4v) is 2.79. The summed E-state index contributed by atoms with van der Waals surface area (Å²) in [4.78, 5) is 2.39. The summed E-state index contributed by atoms with van der Waals surface area (Å²) in [6.07, 6.45) is 6.25. The van der Waals surface area contributed by atoms with Gasteiger partial charge in [-0.25, -0.2) is 0 Å². The number of hydrogen-bond acceptors (Lipinski definition) is 4. The molecule has 18 heavy (non-hydrogen) atoms. The van der Waals surface area contributed by atoms with Crippen LogP contribution in [0.15, 0.2) is 0 Å². The molecule has 0 amide bonds. The highest BCUT2D eigenvalue weighted by molar-refractivity contribution is 4.71. The van der Waals surface area contributed by atoms with Crippen molar-refractivity contribution in [2.24, 2.45) is 5.92 Å². The molecule has 2 rings (SSSR count). The average Bonchev–Trinajstić information content (AvgIpc) is 2.41. The van der Waals surface area contributed by atoms with Crippen molar-refractivity contribution >= 4 is 0 Å². The number of nitrogens with one attached hydrogen (secondary N) is 1. The summed E-state index contributed by atoms with van der Waals surface area (Å²) >= 11 is 0. The highest BCUT2D eigenvalue weighted by Gasteiger charge is 2.16. The molecular weight excluding hydrogens is 228 g/mol. The van der Waals surface area contributed by atoms with Gasteiger partial charge in [0, 0.05) is 19.7 Å². The Labute approximate surface area is 111 Å². The Morgan fingerprint density at radius 1 is 1.28 bits per heavy atom.